The van der Waals surface area contributed by atoms with Crippen LogP contribution in [0.2, 0.25) is 0 Å². The van der Waals surface area contributed by atoms with E-state index in [1.165, 1.54) is 4.88 Å². The summed E-state index contributed by atoms with van der Waals surface area (Å²) < 4.78 is 5.64. The molecule has 1 atom stereocenters. The lowest BCUT2D eigenvalue weighted by Crippen LogP contribution is -2.17. The molecule has 0 aromatic carbocycles. The smallest absolute Gasteiger partial charge is 0.117 e. The summed E-state index contributed by atoms with van der Waals surface area (Å²) in [6.07, 6.45) is 2.86. The summed E-state index contributed by atoms with van der Waals surface area (Å²) in [4.78, 5) is 5.62. The Kier molecular flexibility index (Phi) is 3.97. The van der Waals surface area contributed by atoms with Gasteiger partial charge in [0.25, 0.3) is 0 Å². The number of nitrogens with one attached hydrogen (secondary N) is 1. The van der Waals surface area contributed by atoms with Gasteiger partial charge >= 0.3 is 0 Å². The van der Waals surface area contributed by atoms with E-state index in [1.54, 1.807) is 11.3 Å². The highest BCUT2D eigenvalue weighted by Gasteiger charge is 2.09. The predicted molar refractivity (Wildman–Crippen MR) is 70.2 cm³/mol. The molecule has 2 aromatic rings. The lowest BCUT2D eigenvalue weighted by molar-refractivity contribution is 0.435. The molecule has 1 N–H and O–H groups in total. The average molecular weight is 250 g/mol. The fourth-order valence-corrected chi connectivity index (χ4v) is 2.42. The largest absolute Gasteiger partial charge is 0.465 e. The molecule has 0 saturated carbocycles. The molecule has 0 aliphatic heterocycles. The van der Waals surface area contributed by atoms with Crippen LogP contribution < -0.4 is 5.32 Å². The van der Waals surface area contributed by atoms with Gasteiger partial charge in [-0.1, -0.05) is 6.92 Å². The molecular weight excluding hydrogens is 232 g/mol. The van der Waals surface area contributed by atoms with E-state index in [4.69, 9.17) is 4.42 Å². The quantitative estimate of drug-likeness (QED) is 0.883. The third-order valence-electron chi connectivity index (χ3n) is 2.66. The first-order valence-corrected chi connectivity index (χ1v) is 6.74. The highest BCUT2D eigenvalue weighted by molar-refractivity contribution is 7.11. The molecule has 0 bridgehead atoms. The fourth-order valence-electron chi connectivity index (χ4n) is 1.62. The summed E-state index contributed by atoms with van der Waals surface area (Å²) >= 11 is 1.74. The van der Waals surface area contributed by atoms with Crippen molar-refractivity contribution in [1.82, 2.24) is 10.3 Å². The Balaban J connectivity index is 1.89. The molecule has 0 fully saturated rings. The lowest BCUT2D eigenvalue weighted by atomic mass is 10.3. The number of rotatable bonds is 5. The zero-order valence-electron chi connectivity index (χ0n) is 10.5. The topological polar surface area (TPSA) is 38.1 Å². The molecule has 92 valence electrons. The van der Waals surface area contributed by atoms with Crippen molar-refractivity contribution in [3.8, 4) is 0 Å². The Hall–Kier alpha value is -1.13. The number of hydrogen-bond acceptors (Lipinski definition) is 4. The van der Waals surface area contributed by atoms with Gasteiger partial charge < -0.3 is 9.73 Å². The highest BCUT2D eigenvalue weighted by atomic mass is 32.1. The lowest BCUT2D eigenvalue weighted by Gasteiger charge is -2.09. The van der Waals surface area contributed by atoms with Gasteiger partial charge in [0.1, 0.15) is 16.5 Å². The van der Waals surface area contributed by atoms with Gasteiger partial charge in [-0.05, 0) is 26.0 Å². The molecule has 3 nitrogen and oxygen atoms in total. The number of thiazole rings is 1. The summed E-state index contributed by atoms with van der Waals surface area (Å²) in [5.41, 5.74) is 0. The normalized spacial score (nSPS) is 12.9. The molecule has 4 heteroatoms. The second kappa shape index (κ2) is 5.47. The monoisotopic (exact) mass is 250 g/mol. The van der Waals surface area contributed by atoms with Crippen LogP contribution in [0.3, 0.4) is 0 Å². The van der Waals surface area contributed by atoms with Gasteiger partial charge in [0.05, 0.1) is 12.6 Å². The van der Waals surface area contributed by atoms with Gasteiger partial charge in [-0.15, -0.1) is 11.3 Å². The Morgan fingerprint density at radius 1 is 1.41 bits per heavy atom. The minimum atomic E-state index is 0.267. The van der Waals surface area contributed by atoms with E-state index in [2.05, 4.69) is 31.1 Å². The predicted octanol–water partition coefficient (Wildman–Crippen LogP) is 3.46. The van der Waals surface area contributed by atoms with Crippen LogP contribution in [0.4, 0.5) is 0 Å². The van der Waals surface area contributed by atoms with Crippen LogP contribution in [0, 0.1) is 6.92 Å². The molecule has 0 radical (unpaired) electrons. The average Bonchev–Trinajstić information content (AvgIpc) is 2.94. The molecule has 17 heavy (non-hydrogen) atoms. The maximum absolute atomic E-state index is 5.64. The molecular formula is C13H18N2OS. The SMILES string of the molecule is CCc1ccc(CNC(C)c2ncc(C)s2)o1. The zero-order valence-corrected chi connectivity index (χ0v) is 11.3. The van der Waals surface area contributed by atoms with E-state index >= 15 is 0 Å². The number of aryl methyl sites for hydroxylation is 2. The van der Waals surface area contributed by atoms with E-state index in [0.29, 0.717) is 0 Å². The summed E-state index contributed by atoms with van der Waals surface area (Å²) in [6.45, 7) is 7.05. The highest BCUT2D eigenvalue weighted by Crippen LogP contribution is 2.19. The van der Waals surface area contributed by atoms with Crippen molar-refractivity contribution in [3.63, 3.8) is 0 Å². The summed E-state index contributed by atoms with van der Waals surface area (Å²) in [5.74, 6) is 2.03. The zero-order chi connectivity index (χ0) is 12.3. The van der Waals surface area contributed by atoms with Crippen LogP contribution >= 0.6 is 11.3 Å². The number of hydrogen-bond donors (Lipinski definition) is 1. The molecule has 0 amide bonds. The van der Waals surface area contributed by atoms with E-state index in [1.807, 2.05) is 18.3 Å². The Morgan fingerprint density at radius 3 is 2.76 bits per heavy atom. The minimum Gasteiger partial charge on any atom is -0.465 e. The second-order valence-corrected chi connectivity index (χ2v) is 5.40. The van der Waals surface area contributed by atoms with Crippen molar-refractivity contribution in [2.45, 2.75) is 39.8 Å². The Bertz CT molecular complexity index is 475. The van der Waals surface area contributed by atoms with E-state index in [-0.39, 0.29) is 6.04 Å². The van der Waals surface area contributed by atoms with Gasteiger partial charge in [0, 0.05) is 17.5 Å². The van der Waals surface area contributed by atoms with Gasteiger partial charge in [-0.25, -0.2) is 4.98 Å². The number of aromatic nitrogens is 1. The van der Waals surface area contributed by atoms with Crippen LogP contribution in [0.1, 0.15) is 41.3 Å². The van der Waals surface area contributed by atoms with Crippen molar-refractivity contribution < 1.29 is 4.42 Å². The molecule has 0 aliphatic rings. The van der Waals surface area contributed by atoms with Crippen molar-refractivity contribution in [2.24, 2.45) is 0 Å². The summed E-state index contributed by atoms with van der Waals surface area (Å²) in [5, 5.41) is 4.55. The van der Waals surface area contributed by atoms with Crippen LogP contribution in [0.15, 0.2) is 22.7 Å². The van der Waals surface area contributed by atoms with E-state index < -0.39 is 0 Å². The van der Waals surface area contributed by atoms with Gasteiger partial charge in [0.15, 0.2) is 0 Å². The third-order valence-corrected chi connectivity index (χ3v) is 3.75. The number of furan rings is 1. The molecule has 0 spiro atoms. The van der Waals surface area contributed by atoms with Gasteiger partial charge in [-0.3, -0.25) is 0 Å². The van der Waals surface area contributed by atoms with Crippen LogP contribution in [0.5, 0.6) is 0 Å². The van der Waals surface area contributed by atoms with Gasteiger partial charge in [0.2, 0.25) is 0 Å². The van der Waals surface area contributed by atoms with Crippen LogP contribution in [-0.4, -0.2) is 4.98 Å². The summed E-state index contributed by atoms with van der Waals surface area (Å²) in [6, 6.07) is 4.34. The minimum absolute atomic E-state index is 0.267. The molecule has 2 heterocycles. The summed E-state index contributed by atoms with van der Waals surface area (Å²) in [7, 11) is 0. The Morgan fingerprint density at radius 2 is 2.18 bits per heavy atom. The third kappa shape index (κ3) is 3.17. The van der Waals surface area contributed by atoms with Crippen molar-refractivity contribution >= 4 is 11.3 Å². The van der Waals surface area contributed by atoms with Crippen molar-refractivity contribution in [1.29, 1.82) is 0 Å². The maximum Gasteiger partial charge on any atom is 0.117 e. The first kappa shape index (κ1) is 12.3. The van der Waals surface area contributed by atoms with Gasteiger partial charge in [-0.2, -0.15) is 0 Å². The van der Waals surface area contributed by atoms with E-state index in [0.717, 1.165) is 29.5 Å². The number of nitrogens with zero attached hydrogens (tertiary/aromatic N) is 1. The second-order valence-electron chi connectivity index (χ2n) is 4.13. The molecule has 2 aromatic heterocycles. The standard InChI is InChI=1S/C13H18N2OS/c1-4-11-5-6-12(16-11)8-14-10(3)13-15-7-9(2)17-13/h5-7,10,14H,4,8H2,1-3H3. The van der Waals surface area contributed by atoms with Crippen LogP contribution in [-0.2, 0) is 13.0 Å². The first-order chi connectivity index (χ1) is 8.19. The molecule has 2 rings (SSSR count). The van der Waals surface area contributed by atoms with Crippen molar-refractivity contribution in [3.05, 3.63) is 39.7 Å². The van der Waals surface area contributed by atoms with Crippen LogP contribution in [0.25, 0.3) is 0 Å². The Labute approximate surface area is 106 Å². The van der Waals surface area contributed by atoms with E-state index in [9.17, 15) is 0 Å². The fraction of sp³-hybridized carbons (Fsp3) is 0.462. The van der Waals surface area contributed by atoms with Crippen molar-refractivity contribution in [2.75, 3.05) is 0 Å². The molecule has 0 aliphatic carbocycles. The molecule has 0 saturated heterocycles. The first-order valence-electron chi connectivity index (χ1n) is 5.92. The maximum atomic E-state index is 5.64. The molecule has 1 unspecified atom stereocenters.